The number of pyridine rings is 1. The highest BCUT2D eigenvalue weighted by atomic mass is 16.5. The summed E-state index contributed by atoms with van der Waals surface area (Å²) < 4.78 is 5.35. The van der Waals surface area contributed by atoms with Gasteiger partial charge in [0.05, 0.1) is 5.56 Å². The molecule has 144 valence electrons. The van der Waals surface area contributed by atoms with Crippen molar-refractivity contribution in [3.8, 4) is 11.5 Å². The number of benzene rings is 1. The first-order chi connectivity index (χ1) is 13.6. The Morgan fingerprint density at radius 3 is 2.75 bits per heavy atom. The van der Waals surface area contributed by atoms with Gasteiger partial charge in [-0.15, -0.1) is 0 Å². The number of carbonyl (C=O) groups is 1. The van der Waals surface area contributed by atoms with Crippen molar-refractivity contribution in [3.63, 3.8) is 0 Å². The molecule has 0 N–H and O–H groups in total. The molecule has 1 amide bonds. The van der Waals surface area contributed by atoms with E-state index >= 15 is 0 Å². The quantitative estimate of drug-likeness (QED) is 0.698. The van der Waals surface area contributed by atoms with Gasteiger partial charge in [-0.05, 0) is 44.5 Å². The van der Waals surface area contributed by atoms with Gasteiger partial charge in [0.1, 0.15) is 5.82 Å². The minimum atomic E-state index is 0.0827. The van der Waals surface area contributed by atoms with Gasteiger partial charge in [-0.2, -0.15) is 4.98 Å². The van der Waals surface area contributed by atoms with Crippen LogP contribution in [-0.4, -0.2) is 52.1 Å². The fourth-order valence-corrected chi connectivity index (χ4v) is 3.52. The van der Waals surface area contributed by atoms with E-state index in [9.17, 15) is 4.79 Å². The number of nitrogens with zero attached hydrogens (tertiary/aromatic N) is 5. The van der Waals surface area contributed by atoms with Gasteiger partial charge in [0.15, 0.2) is 5.82 Å². The van der Waals surface area contributed by atoms with E-state index in [0.29, 0.717) is 24.8 Å². The second-order valence-corrected chi connectivity index (χ2v) is 7.02. The van der Waals surface area contributed by atoms with E-state index in [1.54, 1.807) is 13.1 Å². The number of hydrogen-bond acceptors (Lipinski definition) is 6. The second-order valence-electron chi connectivity index (χ2n) is 7.02. The van der Waals surface area contributed by atoms with Crippen LogP contribution in [0, 0.1) is 13.8 Å². The Labute approximate surface area is 164 Å². The summed E-state index contributed by atoms with van der Waals surface area (Å²) in [7, 11) is 0. The fraction of sp³-hybridized carbons (Fsp3) is 0.333. The lowest BCUT2D eigenvalue weighted by Crippen LogP contribution is -2.35. The molecule has 0 bridgehead atoms. The Bertz CT molecular complexity index is 984. The highest BCUT2D eigenvalue weighted by Gasteiger charge is 2.23. The van der Waals surface area contributed by atoms with Crippen LogP contribution in [0.4, 0.5) is 5.82 Å². The van der Waals surface area contributed by atoms with Crippen LogP contribution < -0.4 is 4.90 Å². The van der Waals surface area contributed by atoms with Crippen LogP contribution in [0.1, 0.15) is 28.2 Å². The average Bonchev–Trinajstić information content (AvgIpc) is 2.99. The van der Waals surface area contributed by atoms with Crippen LogP contribution in [0.2, 0.25) is 0 Å². The maximum atomic E-state index is 12.9. The molecule has 1 fully saturated rings. The monoisotopic (exact) mass is 377 g/mol. The largest absolute Gasteiger partial charge is 0.354 e. The van der Waals surface area contributed by atoms with E-state index in [1.165, 1.54) is 0 Å². The zero-order chi connectivity index (χ0) is 19.5. The highest BCUT2D eigenvalue weighted by molar-refractivity contribution is 5.94. The van der Waals surface area contributed by atoms with Gasteiger partial charge in [-0.3, -0.25) is 4.79 Å². The van der Waals surface area contributed by atoms with Crippen molar-refractivity contribution in [3.05, 3.63) is 59.5 Å². The number of hydrogen-bond donors (Lipinski definition) is 0. The molecule has 1 aromatic carbocycles. The van der Waals surface area contributed by atoms with Gasteiger partial charge in [0.2, 0.25) is 0 Å². The molecule has 28 heavy (non-hydrogen) atoms. The predicted octanol–water partition coefficient (Wildman–Crippen LogP) is 3.10. The standard InChI is InChI=1S/C21H23N5O2/c1-15-6-3-7-17(14-15)21(27)26-11-5-10-25(12-13-26)19-18(8-4-9-22-19)20-23-16(2)24-28-20/h3-4,6-9,14H,5,10-13H2,1-2H3. The molecule has 1 aliphatic rings. The predicted molar refractivity (Wildman–Crippen MR) is 106 cm³/mol. The summed E-state index contributed by atoms with van der Waals surface area (Å²) in [4.78, 5) is 25.9. The number of aromatic nitrogens is 3. The van der Waals surface area contributed by atoms with E-state index in [2.05, 4.69) is 20.0 Å². The topological polar surface area (TPSA) is 75.4 Å². The third-order valence-corrected chi connectivity index (χ3v) is 4.89. The van der Waals surface area contributed by atoms with Crippen molar-refractivity contribution in [1.29, 1.82) is 0 Å². The third kappa shape index (κ3) is 3.74. The number of rotatable bonds is 3. The maximum absolute atomic E-state index is 12.9. The van der Waals surface area contributed by atoms with Crippen molar-refractivity contribution in [2.75, 3.05) is 31.1 Å². The van der Waals surface area contributed by atoms with Gasteiger partial charge in [-0.1, -0.05) is 22.9 Å². The summed E-state index contributed by atoms with van der Waals surface area (Å²) in [6.07, 6.45) is 2.64. The molecular weight excluding hydrogens is 354 g/mol. The van der Waals surface area contributed by atoms with Crippen molar-refractivity contribution >= 4 is 11.7 Å². The summed E-state index contributed by atoms with van der Waals surface area (Å²) in [5.41, 5.74) is 2.66. The third-order valence-electron chi connectivity index (χ3n) is 4.89. The Balaban J connectivity index is 1.53. The molecule has 3 heterocycles. The van der Waals surface area contributed by atoms with Crippen LogP contribution in [0.25, 0.3) is 11.5 Å². The molecule has 4 rings (SSSR count). The van der Waals surface area contributed by atoms with Crippen molar-refractivity contribution < 1.29 is 9.32 Å². The summed E-state index contributed by atoms with van der Waals surface area (Å²) in [5, 5.41) is 3.89. The van der Waals surface area contributed by atoms with E-state index in [0.717, 1.165) is 42.0 Å². The maximum Gasteiger partial charge on any atom is 0.261 e. The van der Waals surface area contributed by atoms with E-state index in [1.807, 2.05) is 48.2 Å². The molecular formula is C21H23N5O2. The molecule has 0 unspecified atom stereocenters. The zero-order valence-electron chi connectivity index (χ0n) is 16.1. The Morgan fingerprint density at radius 1 is 1.07 bits per heavy atom. The first-order valence-electron chi connectivity index (χ1n) is 9.48. The molecule has 7 heteroatoms. The van der Waals surface area contributed by atoms with Crippen LogP contribution in [0.15, 0.2) is 47.1 Å². The molecule has 2 aromatic heterocycles. The van der Waals surface area contributed by atoms with E-state index < -0.39 is 0 Å². The van der Waals surface area contributed by atoms with Gasteiger partial charge in [0, 0.05) is 37.9 Å². The van der Waals surface area contributed by atoms with Crippen LogP contribution in [0.3, 0.4) is 0 Å². The fourth-order valence-electron chi connectivity index (χ4n) is 3.52. The first kappa shape index (κ1) is 18.2. The molecule has 1 saturated heterocycles. The lowest BCUT2D eigenvalue weighted by atomic mass is 10.1. The van der Waals surface area contributed by atoms with Crippen LogP contribution in [0.5, 0.6) is 0 Å². The van der Waals surface area contributed by atoms with E-state index in [4.69, 9.17) is 4.52 Å². The summed E-state index contributed by atoms with van der Waals surface area (Å²) in [6.45, 7) is 6.69. The van der Waals surface area contributed by atoms with Crippen LogP contribution >= 0.6 is 0 Å². The summed E-state index contributed by atoms with van der Waals surface area (Å²) in [6, 6.07) is 11.6. The van der Waals surface area contributed by atoms with Crippen molar-refractivity contribution in [2.45, 2.75) is 20.3 Å². The average molecular weight is 377 g/mol. The number of carbonyl (C=O) groups excluding carboxylic acids is 1. The number of aryl methyl sites for hydroxylation is 2. The summed E-state index contributed by atoms with van der Waals surface area (Å²) in [5.74, 6) is 1.96. The highest BCUT2D eigenvalue weighted by Crippen LogP contribution is 2.28. The molecule has 0 aliphatic carbocycles. The summed E-state index contributed by atoms with van der Waals surface area (Å²) >= 11 is 0. The molecule has 1 aliphatic heterocycles. The van der Waals surface area contributed by atoms with Gasteiger partial charge >= 0.3 is 0 Å². The van der Waals surface area contributed by atoms with Gasteiger partial charge < -0.3 is 14.3 Å². The lowest BCUT2D eigenvalue weighted by Gasteiger charge is -2.24. The molecule has 0 spiro atoms. The Hall–Kier alpha value is -3.22. The lowest BCUT2D eigenvalue weighted by molar-refractivity contribution is 0.0767. The Kier molecular flexibility index (Phi) is 5.06. The van der Waals surface area contributed by atoms with Gasteiger partial charge in [-0.25, -0.2) is 4.98 Å². The molecule has 0 radical (unpaired) electrons. The second kappa shape index (κ2) is 7.80. The number of anilines is 1. The Morgan fingerprint density at radius 2 is 1.96 bits per heavy atom. The smallest absolute Gasteiger partial charge is 0.261 e. The number of amides is 1. The molecule has 3 aromatic rings. The normalized spacial score (nSPS) is 14.8. The minimum absolute atomic E-state index is 0.0827. The van der Waals surface area contributed by atoms with E-state index in [-0.39, 0.29) is 5.91 Å². The SMILES string of the molecule is Cc1cccc(C(=O)N2CCCN(c3ncccc3-c3nc(C)no3)CC2)c1. The first-order valence-corrected chi connectivity index (χ1v) is 9.48. The van der Waals surface area contributed by atoms with Crippen molar-refractivity contribution in [2.24, 2.45) is 0 Å². The molecule has 0 atom stereocenters. The van der Waals surface area contributed by atoms with Crippen LogP contribution in [-0.2, 0) is 0 Å². The zero-order valence-corrected chi connectivity index (χ0v) is 16.1. The van der Waals surface area contributed by atoms with Crippen molar-refractivity contribution in [1.82, 2.24) is 20.0 Å². The molecule has 7 nitrogen and oxygen atoms in total. The molecule has 0 saturated carbocycles. The minimum Gasteiger partial charge on any atom is -0.354 e. The van der Waals surface area contributed by atoms with Gasteiger partial charge in [0.25, 0.3) is 11.8 Å².